The highest BCUT2D eigenvalue weighted by molar-refractivity contribution is 7.93. The van der Waals surface area contributed by atoms with Crippen molar-refractivity contribution < 1.29 is 26.0 Å². The molecule has 2 heterocycles. The Bertz CT molecular complexity index is 1200. The van der Waals surface area contributed by atoms with Crippen LogP contribution in [0.4, 0.5) is 18.9 Å². The van der Waals surface area contributed by atoms with Gasteiger partial charge in [-0.05, 0) is 57.2 Å². The Hall–Kier alpha value is -2.92. The Labute approximate surface area is 189 Å². The molecular formula is C22H23F3N4O3S. The Morgan fingerprint density at radius 3 is 2.42 bits per heavy atom. The van der Waals surface area contributed by atoms with Gasteiger partial charge in [-0.25, -0.2) is 12.8 Å². The van der Waals surface area contributed by atoms with Gasteiger partial charge in [0.2, 0.25) is 15.9 Å². The van der Waals surface area contributed by atoms with E-state index < -0.39 is 33.4 Å². The Morgan fingerprint density at radius 2 is 1.82 bits per heavy atom. The number of hydrogen-bond donors (Lipinski definition) is 0. The number of likely N-dealkylation sites (tertiary alicyclic amines) is 1. The lowest BCUT2D eigenvalue weighted by Gasteiger charge is -2.34. The zero-order valence-electron chi connectivity index (χ0n) is 17.9. The highest BCUT2D eigenvalue weighted by atomic mass is 32.2. The monoisotopic (exact) mass is 480 g/mol. The van der Waals surface area contributed by atoms with E-state index in [-0.39, 0.29) is 23.6 Å². The summed E-state index contributed by atoms with van der Waals surface area (Å²) in [5.41, 5.74) is 0.700. The van der Waals surface area contributed by atoms with Gasteiger partial charge in [0, 0.05) is 11.1 Å². The normalized spacial score (nSPS) is 15.8. The average molecular weight is 481 g/mol. The third kappa shape index (κ3) is 5.03. The van der Waals surface area contributed by atoms with Crippen LogP contribution in [0.3, 0.4) is 0 Å². The SMILES string of the molecule is CN1CCC(S(=O)(=O)N(Cc2ccc(-c3nnc(C(F)F)o3)cc2F)c2ccccc2)CC1. The van der Waals surface area contributed by atoms with Crippen molar-refractivity contribution in [1.82, 2.24) is 15.1 Å². The van der Waals surface area contributed by atoms with Crippen molar-refractivity contribution in [2.24, 2.45) is 0 Å². The molecule has 1 aromatic heterocycles. The van der Waals surface area contributed by atoms with Gasteiger partial charge < -0.3 is 9.32 Å². The molecule has 0 radical (unpaired) electrons. The molecule has 0 spiro atoms. The Morgan fingerprint density at radius 1 is 1.12 bits per heavy atom. The first-order valence-electron chi connectivity index (χ1n) is 10.4. The van der Waals surface area contributed by atoms with Crippen molar-refractivity contribution in [2.75, 3.05) is 24.4 Å². The largest absolute Gasteiger partial charge is 0.415 e. The third-order valence-electron chi connectivity index (χ3n) is 5.68. The van der Waals surface area contributed by atoms with Gasteiger partial charge in [0.15, 0.2) is 0 Å². The summed E-state index contributed by atoms with van der Waals surface area (Å²) < 4.78 is 73.6. The van der Waals surface area contributed by atoms with E-state index in [4.69, 9.17) is 4.42 Å². The molecule has 4 rings (SSSR count). The lowest BCUT2D eigenvalue weighted by Crippen LogP contribution is -2.44. The predicted octanol–water partition coefficient (Wildman–Crippen LogP) is 4.24. The summed E-state index contributed by atoms with van der Waals surface area (Å²) in [4.78, 5) is 2.08. The number of aromatic nitrogens is 2. The molecule has 1 aliphatic heterocycles. The van der Waals surface area contributed by atoms with Crippen molar-refractivity contribution in [3.05, 3.63) is 65.8 Å². The fraction of sp³-hybridized carbons (Fsp3) is 0.364. The molecular weight excluding hydrogens is 457 g/mol. The summed E-state index contributed by atoms with van der Waals surface area (Å²) in [7, 11) is -1.82. The zero-order valence-corrected chi connectivity index (χ0v) is 18.7. The number of nitrogens with zero attached hydrogens (tertiary/aromatic N) is 4. The summed E-state index contributed by atoms with van der Waals surface area (Å²) in [6.45, 7) is 1.12. The summed E-state index contributed by atoms with van der Waals surface area (Å²) in [6.07, 6.45) is -1.94. The minimum atomic E-state index is -3.77. The summed E-state index contributed by atoms with van der Waals surface area (Å²) in [6, 6.07) is 12.5. The van der Waals surface area contributed by atoms with E-state index in [1.807, 2.05) is 7.05 Å². The summed E-state index contributed by atoms with van der Waals surface area (Å²) in [5, 5.41) is 6.19. The molecule has 0 aliphatic carbocycles. The molecule has 0 saturated carbocycles. The topological polar surface area (TPSA) is 79.5 Å². The van der Waals surface area contributed by atoms with Crippen LogP contribution >= 0.6 is 0 Å². The number of benzene rings is 2. The first-order chi connectivity index (χ1) is 15.8. The van der Waals surface area contributed by atoms with Crippen LogP contribution in [0.25, 0.3) is 11.5 Å². The smallest absolute Gasteiger partial charge is 0.314 e. The van der Waals surface area contributed by atoms with Crippen LogP contribution in [0, 0.1) is 5.82 Å². The molecule has 1 saturated heterocycles. The number of halogens is 3. The molecule has 7 nitrogen and oxygen atoms in total. The molecule has 0 atom stereocenters. The fourth-order valence-corrected chi connectivity index (χ4v) is 5.69. The van der Waals surface area contributed by atoms with E-state index in [1.54, 1.807) is 30.3 Å². The van der Waals surface area contributed by atoms with Crippen LogP contribution in [0.15, 0.2) is 52.9 Å². The molecule has 33 heavy (non-hydrogen) atoms. The van der Waals surface area contributed by atoms with Crippen LogP contribution in [0.5, 0.6) is 0 Å². The predicted molar refractivity (Wildman–Crippen MR) is 117 cm³/mol. The first kappa shape index (κ1) is 23.2. The molecule has 0 unspecified atom stereocenters. The number of rotatable bonds is 7. The highest BCUT2D eigenvalue weighted by Gasteiger charge is 2.35. The molecule has 0 N–H and O–H groups in total. The number of anilines is 1. The van der Waals surface area contributed by atoms with Crippen LogP contribution in [-0.4, -0.2) is 48.9 Å². The maximum Gasteiger partial charge on any atom is 0.314 e. The Kier molecular flexibility index (Phi) is 6.71. The van der Waals surface area contributed by atoms with E-state index in [0.29, 0.717) is 31.6 Å². The van der Waals surface area contributed by atoms with Gasteiger partial charge in [-0.3, -0.25) is 4.31 Å². The fourth-order valence-electron chi connectivity index (χ4n) is 3.79. The van der Waals surface area contributed by atoms with Gasteiger partial charge in [0.25, 0.3) is 5.89 Å². The molecule has 0 amide bonds. The maximum atomic E-state index is 15.0. The van der Waals surface area contributed by atoms with Gasteiger partial charge in [0.1, 0.15) is 5.82 Å². The molecule has 176 valence electrons. The summed E-state index contributed by atoms with van der Waals surface area (Å²) >= 11 is 0. The van der Waals surface area contributed by atoms with E-state index in [2.05, 4.69) is 15.1 Å². The van der Waals surface area contributed by atoms with Crippen molar-refractivity contribution >= 4 is 15.7 Å². The molecule has 3 aromatic rings. The zero-order chi connectivity index (χ0) is 23.6. The van der Waals surface area contributed by atoms with Crippen LogP contribution < -0.4 is 4.31 Å². The number of piperidine rings is 1. The highest BCUT2D eigenvalue weighted by Crippen LogP contribution is 2.30. The molecule has 1 aliphatic rings. The van der Waals surface area contributed by atoms with Crippen LogP contribution in [0.1, 0.15) is 30.7 Å². The standard InChI is InChI=1S/C22H23F3N4O3S/c1-28-11-9-18(10-12-28)33(30,31)29(17-5-3-2-4-6-17)14-16-8-7-15(13-19(16)23)21-26-27-22(32-21)20(24)25/h2-8,13,18,20H,9-12,14H2,1H3. The minimum Gasteiger partial charge on any atom is -0.415 e. The van der Waals surface area contributed by atoms with Crippen molar-refractivity contribution in [1.29, 1.82) is 0 Å². The van der Waals surface area contributed by atoms with Gasteiger partial charge in [-0.1, -0.05) is 24.3 Å². The third-order valence-corrected chi connectivity index (χ3v) is 7.95. The van der Waals surface area contributed by atoms with Crippen molar-refractivity contribution in [2.45, 2.75) is 31.1 Å². The molecule has 0 bridgehead atoms. The van der Waals surface area contributed by atoms with Gasteiger partial charge in [-0.15, -0.1) is 10.2 Å². The number of alkyl halides is 2. The summed E-state index contributed by atoms with van der Waals surface area (Å²) in [5.74, 6) is -1.80. The Balaban J connectivity index is 1.64. The average Bonchev–Trinajstić information content (AvgIpc) is 3.30. The van der Waals surface area contributed by atoms with E-state index in [1.165, 1.54) is 16.4 Å². The molecule has 11 heteroatoms. The van der Waals surface area contributed by atoms with Gasteiger partial charge >= 0.3 is 6.43 Å². The quantitative estimate of drug-likeness (QED) is 0.503. The molecule has 1 fully saturated rings. The van der Waals surface area contributed by atoms with Gasteiger partial charge in [-0.2, -0.15) is 8.78 Å². The van der Waals surface area contributed by atoms with Crippen LogP contribution in [0.2, 0.25) is 0 Å². The second-order valence-corrected chi connectivity index (χ2v) is 10.1. The second kappa shape index (κ2) is 9.52. The van der Waals surface area contributed by atoms with Crippen LogP contribution in [-0.2, 0) is 16.6 Å². The van der Waals surface area contributed by atoms with E-state index in [0.717, 1.165) is 6.07 Å². The first-order valence-corrected chi connectivity index (χ1v) is 11.9. The maximum absolute atomic E-state index is 15.0. The van der Waals surface area contributed by atoms with E-state index >= 15 is 0 Å². The second-order valence-electron chi connectivity index (χ2n) is 7.94. The number of sulfonamides is 1. The van der Waals surface area contributed by atoms with Crippen molar-refractivity contribution in [3.8, 4) is 11.5 Å². The molecule has 2 aromatic carbocycles. The lowest BCUT2D eigenvalue weighted by molar-refractivity contribution is 0.116. The van der Waals surface area contributed by atoms with Gasteiger partial charge in [0.05, 0.1) is 17.5 Å². The minimum absolute atomic E-state index is 0.125. The van der Waals surface area contributed by atoms with Crippen molar-refractivity contribution in [3.63, 3.8) is 0 Å². The number of para-hydroxylation sites is 1. The lowest BCUT2D eigenvalue weighted by atomic mass is 10.1. The van der Waals surface area contributed by atoms with E-state index in [9.17, 15) is 21.6 Å². The number of hydrogen-bond acceptors (Lipinski definition) is 6.